The third-order valence-corrected chi connectivity index (χ3v) is 11.5. The topological polar surface area (TPSA) is 156 Å². The maximum atomic E-state index is 14.1. The maximum absolute atomic E-state index is 14.1. The average Bonchev–Trinajstić information content (AvgIpc) is 3.73. The number of unbranched alkanes of at least 4 members (excludes halogenated alkanes) is 24. The average molecular weight is 746 g/mol. The van der Waals surface area contributed by atoms with E-state index in [-0.39, 0.29) is 36.9 Å². The zero-order valence-electron chi connectivity index (χ0n) is 33.5. The number of nitrogens with one attached hydrogen (secondary N) is 2. The second-order valence-corrected chi connectivity index (χ2v) is 15.9. The van der Waals surface area contributed by atoms with E-state index in [1.54, 1.807) is 0 Å². The Bertz CT molecular complexity index is 1120. The summed E-state index contributed by atoms with van der Waals surface area (Å²) < 4.78 is 5.93. The first-order chi connectivity index (χ1) is 25.8. The summed E-state index contributed by atoms with van der Waals surface area (Å²) >= 11 is 0. The molecule has 53 heavy (non-hydrogen) atoms. The third kappa shape index (κ3) is 14.0. The number of amides is 2. The molecule has 2 saturated heterocycles. The first-order valence-corrected chi connectivity index (χ1v) is 21.8. The first-order valence-electron chi connectivity index (χ1n) is 21.8. The van der Waals surface area contributed by atoms with Gasteiger partial charge in [-0.05, 0) is 12.8 Å². The molecule has 11 heteroatoms. The molecule has 11 nitrogen and oxygen atoms in total. The summed E-state index contributed by atoms with van der Waals surface area (Å²) in [5, 5.41) is 31.5. The number of guanidine groups is 1. The van der Waals surface area contributed by atoms with Crippen LogP contribution < -0.4 is 5.32 Å². The molecule has 3 aliphatic heterocycles. The zero-order chi connectivity index (χ0) is 38.3. The summed E-state index contributed by atoms with van der Waals surface area (Å²) in [4.78, 5) is 48.9. The minimum atomic E-state index is -1.93. The van der Waals surface area contributed by atoms with Crippen molar-refractivity contribution in [2.24, 2.45) is 4.99 Å². The van der Waals surface area contributed by atoms with Gasteiger partial charge in [0.2, 0.25) is 17.4 Å². The molecule has 4 N–H and O–H groups in total. The fourth-order valence-electron chi connectivity index (χ4n) is 8.19. The van der Waals surface area contributed by atoms with Crippen LogP contribution in [0.2, 0.25) is 0 Å². The Hall–Kier alpha value is -2.37. The number of fused-ring (bicyclic) bond motifs is 1. The normalized spacial score (nSPS) is 23.9. The molecule has 0 aromatic heterocycles. The molecular weight excluding hydrogens is 670 g/mol. The van der Waals surface area contributed by atoms with E-state index >= 15 is 0 Å². The Morgan fingerprint density at radius 2 is 1.21 bits per heavy atom. The number of aliphatic hydroxyl groups is 2. The van der Waals surface area contributed by atoms with Gasteiger partial charge in [-0.25, -0.2) is 4.99 Å². The quantitative estimate of drug-likeness (QED) is 0.0411. The Balaban J connectivity index is 1.51. The number of rotatable bonds is 31. The molecule has 0 saturated carbocycles. The second kappa shape index (κ2) is 25.7. The lowest BCUT2D eigenvalue weighted by molar-refractivity contribution is -0.151. The second-order valence-electron chi connectivity index (χ2n) is 15.9. The van der Waals surface area contributed by atoms with Crippen molar-refractivity contribution in [1.29, 1.82) is 5.41 Å². The van der Waals surface area contributed by atoms with Crippen molar-refractivity contribution >= 4 is 29.9 Å². The lowest BCUT2D eigenvalue weighted by Crippen LogP contribution is -2.75. The van der Waals surface area contributed by atoms with E-state index in [0.29, 0.717) is 12.8 Å². The van der Waals surface area contributed by atoms with Crippen molar-refractivity contribution in [3.8, 4) is 0 Å². The number of hydrogen-bond acceptors (Lipinski definition) is 9. The molecule has 0 spiro atoms. The van der Waals surface area contributed by atoms with E-state index in [0.717, 1.165) is 38.5 Å². The SMILES string of the molecule is CCCCCCCCCCCCCCCC(=O)N1C(=N)NC(=O)C2(C(=O)CCCCCCCCCCCCCCC)N=CN([C@H]3CC(O)[C@@H](CO)O3)C12. The van der Waals surface area contributed by atoms with Gasteiger partial charge in [0, 0.05) is 19.3 Å². The van der Waals surface area contributed by atoms with E-state index < -0.39 is 42.7 Å². The molecule has 0 aromatic rings. The largest absolute Gasteiger partial charge is 0.394 e. The standard InChI is InChI=1S/C42H75N5O6/c1-3-5-7-9-11-13-15-17-19-21-23-25-27-29-36(50)42-39(52)45-41(43)47(40(42)46(33-44-42)38-31-34(49)35(32-48)53-38)37(51)30-28-26-24-22-20-18-16-14-12-10-8-6-4-2/h33-35,38,40,48-49H,3-32H2,1-2H3,(H2,43,45,52)/t34?,35-,38-,40?,42?/m1/s1. The molecule has 2 fully saturated rings. The Morgan fingerprint density at radius 1 is 0.774 bits per heavy atom. The van der Waals surface area contributed by atoms with Crippen molar-refractivity contribution < 1.29 is 29.3 Å². The van der Waals surface area contributed by atoms with Crippen LogP contribution >= 0.6 is 0 Å². The van der Waals surface area contributed by atoms with Gasteiger partial charge in [0.05, 0.1) is 19.0 Å². The molecule has 0 radical (unpaired) electrons. The van der Waals surface area contributed by atoms with E-state index in [1.807, 2.05) is 0 Å². The minimum absolute atomic E-state index is 0.104. The monoisotopic (exact) mass is 746 g/mol. The number of Topliss-reactive ketones (excluding diaryl/α,β-unsaturated/α-hetero) is 1. The zero-order valence-corrected chi connectivity index (χ0v) is 33.5. The van der Waals surface area contributed by atoms with Gasteiger partial charge in [-0.3, -0.25) is 30.0 Å². The number of nitrogens with zero attached hydrogens (tertiary/aromatic N) is 3. The number of aliphatic hydroxyl groups excluding tert-OH is 2. The van der Waals surface area contributed by atoms with Crippen LogP contribution in [-0.2, 0) is 19.1 Å². The van der Waals surface area contributed by atoms with Gasteiger partial charge >= 0.3 is 0 Å². The van der Waals surface area contributed by atoms with Crippen molar-refractivity contribution in [2.45, 2.75) is 230 Å². The summed E-state index contributed by atoms with van der Waals surface area (Å²) in [5.41, 5.74) is -1.93. The molecular formula is C42H75N5O6. The number of ketones is 1. The highest BCUT2D eigenvalue weighted by molar-refractivity contribution is 6.21. The lowest BCUT2D eigenvalue weighted by Gasteiger charge is -2.46. The van der Waals surface area contributed by atoms with Crippen LogP contribution in [-0.4, -0.2) is 86.7 Å². The van der Waals surface area contributed by atoms with Gasteiger partial charge < -0.3 is 19.8 Å². The van der Waals surface area contributed by atoms with Crippen LogP contribution in [0, 0.1) is 5.41 Å². The highest BCUT2D eigenvalue weighted by Crippen LogP contribution is 2.39. The van der Waals surface area contributed by atoms with E-state index in [9.17, 15) is 24.6 Å². The van der Waals surface area contributed by atoms with Crippen LogP contribution in [0.1, 0.15) is 200 Å². The van der Waals surface area contributed by atoms with Crippen molar-refractivity contribution in [2.75, 3.05) is 6.61 Å². The molecule has 3 rings (SSSR count). The van der Waals surface area contributed by atoms with Gasteiger partial charge in [0.25, 0.3) is 5.91 Å². The number of aliphatic imine (C=N–C) groups is 1. The summed E-state index contributed by atoms with van der Waals surface area (Å²) in [6.45, 7) is 4.09. The van der Waals surface area contributed by atoms with Gasteiger partial charge in [-0.15, -0.1) is 0 Å². The molecule has 3 heterocycles. The predicted octanol–water partition coefficient (Wildman–Crippen LogP) is 8.29. The molecule has 2 amide bonds. The molecule has 0 aromatic carbocycles. The lowest BCUT2D eigenvalue weighted by atomic mass is 9.84. The van der Waals surface area contributed by atoms with Gasteiger partial charge in [-0.2, -0.15) is 0 Å². The Morgan fingerprint density at radius 3 is 1.64 bits per heavy atom. The van der Waals surface area contributed by atoms with Crippen LogP contribution in [0.15, 0.2) is 4.99 Å². The summed E-state index contributed by atoms with van der Waals surface area (Å²) in [6, 6.07) is 0. The van der Waals surface area contributed by atoms with Crippen LogP contribution in [0.4, 0.5) is 0 Å². The first kappa shape index (κ1) is 45.0. The van der Waals surface area contributed by atoms with Crippen molar-refractivity contribution in [1.82, 2.24) is 15.1 Å². The molecule has 0 bridgehead atoms. The van der Waals surface area contributed by atoms with Crippen molar-refractivity contribution in [3.05, 3.63) is 0 Å². The number of ether oxygens (including phenoxy) is 1. The van der Waals surface area contributed by atoms with E-state index in [2.05, 4.69) is 24.2 Å². The van der Waals surface area contributed by atoms with Crippen LogP contribution in [0.3, 0.4) is 0 Å². The Kier molecular flexibility index (Phi) is 21.8. The fraction of sp³-hybridized carbons (Fsp3) is 0.881. The number of hydrogen-bond donors (Lipinski definition) is 4. The molecule has 3 aliphatic rings. The molecule has 0 aliphatic carbocycles. The van der Waals surface area contributed by atoms with E-state index in [4.69, 9.17) is 10.1 Å². The predicted molar refractivity (Wildman–Crippen MR) is 212 cm³/mol. The summed E-state index contributed by atoms with van der Waals surface area (Å²) in [7, 11) is 0. The molecule has 3 unspecified atom stereocenters. The number of carbonyl (C=O) groups excluding carboxylic acids is 3. The number of carbonyl (C=O) groups is 3. The highest BCUT2D eigenvalue weighted by atomic mass is 16.5. The molecule has 5 atom stereocenters. The maximum Gasteiger partial charge on any atom is 0.266 e. The fourth-order valence-corrected chi connectivity index (χ4v) is 8.19. The molecule has 304 valence electrons. The van der Waals surface area contributed by atoms with Gasteiger partial charge in [0.1, 0.15) is 12.3 Å². The summed E-state index contributed by atoms with van der Waals surface area (Å²) in [6.07, 6.45) is 28.6. The smallest absolute Gasteiger partial charge is 0.266 e. The van der Waals surface area contributed by atoms with Gasteiger partial charge in [0.15, 0.2) is 11.9 Å². The van der Waals surface area contributed by atoms with Crippen LogP contribution in [0.5, 0.6) is 0 Å². The van der Waals surface area contributed by atoms with E-state index in [1.165, 1.54) is 132 Å². The summed E-state index contributed by atoms with van der Waals surface area (Å²) in [5.74, 6) is -1.83. The van der Waals surface area contributed by atoms with Crippen LogP contribution in [0.25, 0.3) is 0 Å². The minimum Gasteiger partial charge on any atom is -0.394 e. The van der Waals surface area contributed by atoms with Gasteiger partial charge in [-0.1, -0.05) is 168 Å². The van der Waals surface area contributed by atoms with Crippen molar-refractivity contribution in [3.63, 3.8) is 0 Å². The third-order valence-electron chi connectivity index (χ3n) is 11.5. The Labute approximate surface area is 321 Å². The highest BCUT2D eigenvalue weighted by Gasteiger charge is 2.65.